The van der Waals surface area contributed by atoms with Crippen molar-refractivity contribution in [1.82, 2.24) is 19.9 Å². The van der Waals surface area contributed by atoms with E-state index in [4.69, 9.17) is 0 Å². The van der Waals surface area contributed by atoms with Crippen LogP contribution in [0.3, 0.4) is 0 Å². The van der Waals surface area contributed by atoms with Gasteiger partial charge in [-0.3, -0.25) is 15.0 Å². The van der Waals surface area contributed by atoms with Gasteiger partial charge in [-0.05, 0) is 44.9 Å². The molecule has 1 atom stereocenters. The van der Waals surface area contributed by atoms with E-state index in [-0.39, 0.29) is 42.3 Å². The van der Waals surface area contributed by atoms with Gasteiger partial charge in [0, 0.05) is 49.0 Å². The molecule has 5 rings (SSSR count). The molecule has 224 valence electrons. The van der Waals surface area contributed by atoms with E-state index in [9.17, 15) is 33.0 Å². The average molecular weight is 605 g/mol. The zero-order valence-corrected chi connectivity index (χ0v) is 23.9. The number of hydrogen-bond acceptors (Lipinski definition) is 9. The summed E-state index contributed by atoms with van der Waals surface area (Å²) in [6.45, 7) is 5.43. The predicted molar refractivity (Wildman–Crippen MR) is 150 cm³/mol. The number of nitrogens with one attached hydrogen (secondary N) is 1. The molecule has 3 aromatic rings. The van der Waals surface area contributed by atoms with Gasteiger partial charge in [0.15, 0.2) is 10.7 Å². The maximum absolute atomic E-state index is 13.7. The largest absolute Gasteiger partial charge is 0.479 e. The molecule has 0 saturated carbocycles. The number of alkyl halides is 3. The van der Waals surface area contributed by atoms with Crippen molar-refractivity contribution < 1.29 is 33.0 Å². The lowest BCUT2D eigenvalue weighted by Crippen LogP contribution is -2.49. The molecule has 2 aliphatic heterocycles. The zero-order valence-electron chi connectivity index (χ0n) is 23.1. The molecule has 0 aliphatic carbocycles. The highest BCUT2D eigenvalue weighted by atomic mass is 32.1. The summed E-state index contributed by atoms with van der Waals surface area (Å²) in [5.41, 5.74) is -1.64. The van der Waals surface area contributed by atoms with Gasteiger partial charge in [0.25, 0.3) is 5.91 Å². The number of aliphatic hydroxyl groups is 1. The Labute approximate surface area is 244 Å². The van der Waals surface area contributed by atoms with Crippen LogP contribution in [0.1, 0.15) is 59.1 Å². The lowest BCUT2D eigenvalue weighted by atomic mass is 9.92. The number of hydrogen-bond donors (Lipinski definition) is 3. The van der Waals surface area contributed by atoms with Gasteiger partial charge in [-0.2, -0.15) is 13.2 Å². The third kappa shape index (κ3) is 6.25. The molecular formula is C28H31F3N6O4S. The van der Waals surface area contributed by atoms with Crippen LogP contribution in [0.25, 0.3) is 11.3 Å². The summed E-state index contributed by atoms with van der Waals surface area (Å²) in [6, 6.07) is 4.48. The number of aliphatic carboxylic acids is 1. The number of benzene rings is 1. The number of aryl methyl sites for hydroxylation is 1. The number of carboxylic acids is 1. The van der Waals surface area contributed by atoms with Crippen LogP contribution in [0.4, 0.5) is 24.1 Å². The van der Waals surface area contributed by atoms with Crippen molar-refractivity contribution in [2.75, 3.05) is 29.9 Å². The van der Waals surface area contributed by atoms with Gasteiger partial charge in [0.1, 0.15) is 11.5 Å². The molecule has 2 aliphatic rings. The lowest BCUT2D eigenvalue weighted by Gasteiger charge is -2.35. The third-order valence-corrected chi connectivity index (χ3v) is 8.91. The first-order valence-corrected chi connectivity index (χ1v) is 14.4. The Morgan fingerprint density at radius 3 is 2.50 bits per heavy atom. The van der Waals surface area contributed by atoms with E-state index in [0.717, 1.165) is 30.3 Å². The Bertz CT molecular complexity index is 1470. The fraction of sp³-hybridized carbons (Fsp3) is 0.464. The fourth-order valence-corrected chi connectivity index (χ4v) is 6.31. The first-order chi connectivity index (χ1) is 19.8. The Kier molecular flexibility index (Phi) is 8.23. The average Bonchev–Trinajstić information content (AvgIpc) is 3.54. The molecule has 1 amide bonds. The van der Waals surface area contributed by atoms with Crippen LogP contribution < -0.4 is 10.2 Å². The van der Waals surface area contributed by atoms with Gasteiger partial charge in [0.05, 0.1) is 23.7 Å². The normalized spacial score (nSPS) is 19.2. The summed E-state index contributed by atoms with van der Waals surface area (Å²) >= 11 is 1.22. The third-order valence-electron chi connectivity index (χ3n) is 7.96. The Hall–Kier alpha value is -3.62. The van der Waals surface area contributed by atoms with Crippen molar-refractivity contribution in [3.63, 3.8) is 0 Å². The molecule has 2 fully saturated rings. The molecule has 2 aromatic heterocycles. The van der Waals surface area contributed by atoms with E-state index in [0.29, 0.717) is 29.7 Å². The molecule has 10 nitrogen and oxygen atoms in total. The molecule has 0 bridgehead atoms. The molecule has 1 aromatic carbocycles. The van der Waals surface area contributed by atoms with Crippen molar-refractivity contribution in [2.24, 2.45) is 0 Å². The van der Waals surface area contributed by atoms with Crippen molar-refractivity contribution >= 4 is 34.2 Å². The van der Waals surface area contributed by atoms with Gasteiger partial charge in [-0.1, -0.05) is 23.5 Å². The maximum atomic E-state index is 13.7. The molecule has 3 N–H and O–H groups in total. The van der Waals surface area contributed by atoms with Crippen molar-refractivity contribution in [2.45, 2.75) is 63.9 Å². The predicted octanol–water partition coefficient (Wildman–Crippen LogP) is 4.58. The van der Waals surface area contributed by atoms with Crippen LogP contribution >= 0.6 is 11.3 Å². The molecule has 0 spiro atoms. The van der Waals surface area contributed by atoms with E-state index in [2.05, 4.69) is 32.1 Å². The quantitative estimate of drug-likeness (QED) is 0.355. The first-order valence-electron chi connectivity index (χ1n) is 13.6. The minimum atomic E-state index is -4.51. The second kappa shape index (κ2) is 11.6. The number of piperidine rings is 1. The van der Waals surface area contributed by atoms with Crippen LogP contribution in [-0.2, 0) is 17.5 Å². The number of rotatable bonds is 7. The number of halogens is 3. The van der Waals surface area contributed by atoms with Crippen LogP contribution in [-0.4, -0.2) is 73.2 Å². The van der Waals surface area contributed by atoms with E-state index >= 15 is 0 Å². The summed E-state index contributed by atoms with van der Waals surface area (Å²) in [4.78, 5) is 42.1. The summed E-state index contributed by atoms with van der Waals surface area (Å²) < 4.78 is 41.0. The molecule has 0 radical (unpaired) electrons. The summed E-state index contributed by atoms with van der Waals surface area (Å²) in [5.74, 6) is -1.39. The number of aromatic nitrogens is 3. The van der Waals surface area contributed by atoms with Crippen LogP contribution in [0, 0.1) is 6.92 Å². The molecule has 2 saturated heterocycles. The minimum absolute atomic E-state index is 0.0129. The summed E-state index contributed by atoms with van der Waals surface area (Å²) in [6.07, 6.45) is 0.317. The second-order valence-electron chi connectivity index (χ2n) is 10.8. The van der Waals surface area contributed by atoms with Crippen LogP contribution in [0.15, 0.2) is 30.6 Å². The van der Waals surface area contributed by atoms with Gasteiger partial charge in [-0.15, -0.1) is 0 Å². The first kappa shape index (κ1) is 29.9. The highest BCUT2D eigenvalue weighted by Crippen LogP contribution is 2.38. The molecule has 14 heteroatoms. The van der Waals surface area contributed by atoms with Gasteiger partial charge in [0.2, 0.25) is 0 Å². The lowest BCUT2D eigenvalue weighted by molar-refractivity contribution is -0.160. The number of anilines is 2. The van der Waals surface area contributed by atoms with E-state index in [1.807, 2.05) is 0 Å². The number of likely N-dealkylation sites (tertiary alicyclic amines) is 1. The number of thiazole rings is 1. The second-order valence-corrected chi connectivity index (χ2v) is 11.9. The molecule has 4 heterocycles. The monoisotopic (exact) mass is 604 g/mol. The van der Waals surface area contributed by atoms with Gasteiger partial charge < -0.3 is 15.1 Å². The molecule has 1 unspecified atom stereocenters. The SMILES string of the molecule is Cc1ccc(-c2nc(NC(=O)c3cnc(N4CCC(O)(C(=O)O)CC4)cn3)sc2CN2CCCC2C)cc1C(F)(F)F. The number of carbonyl (C=O) groups excluding carboxylic acids is 1. The fourth-order valence-electron chi connectivity index (χ4n) is 5.31. The topological polar surface area (TPSA) is 132 Å². The summed E-state index contributed by atoms with van der Waals surface area (Å²) in [7, 11) is 0. The van der Waals surface area contributed by atoms with E-state index < -0.39 is 29.2 Å². The zero-order chi connectivity index (χ0) is 30.2. The van der Waals surface area contributed by atoms with Crippen molar-refractivity contribution in [3.05, 3.63) is 52.3 Å². The minimum Gasteiger partial charge on any atom is -0.479 e. The number of amides is 1. The van der Waals surface area contributed by atoms with Crippen molar-refractivity contribution in [3.8, 4) is 11.3 Å². The Balaban J connectivity index is 1.35. The van der Waals surface area contributed by atoms with Crippen LogP contribution in [0.5, 0.6) is 0 Å². The Morgan fingerprint density at radius 2 is 1.90 bits per heavy atom. The molecular weight excluding hydrogens is 573 g/mol. The van der Waals surface area contributed by atoms with Crippen molar-refractivity contribution in [1.29, 1.82) is 0 Å². The van der Waals surface area contributed by atoms with E-state index in [1.165, 1.54) is 36.7 Å². The smallest absolute Gasteiger partial charge is 0.416 e. The van der Waals surface area contributed by atoms with Crippen LogP contribution in [0.2, 0.25) is 0 Å². The Morgan fingerprint density at radius 1 is 1.17 bits per heavy atom. The standard InChI is InChI=1S/C28H31F3N6O4S/c1-16-5-6-18(12-19(16)28(29,30)31)23-21(15-37-9-3-4-17(37)2)42-26(34-23)35-24(38)20-13-33-22(14-32-20)36-10-7-27(41,8-11-36)25(39)40/h5-6,12-14,17,41H,3-4,7-11,15H2,1-2H3,(H,39,40)(H,34,35,38). The maximum Gasteiger partial charge on any atom is 0.416 e. The number of carbonyl (C=O) groups is 2. The van der Waals surface area contributed by atoms with E-state index in [1.54, 1.807) is 11.0 Å². The van der Waals surface area contributed by atoms with Gasteiger partial charge >= 0.3 is 12.1 Å². The summed E-state index contributed by atoms with van der Waals surface area (Å²) in [5, 5.41) is 22.3. The highest BCUT2D eigenvalue weighted by molar-refractivity contribution is 7.16. The van der Waals surface area contributed by atoms with Gasteiger partial charge in [-0.25, -0.2) is 19.7 Å². The highest BCUT2D eigenvalue weighted by Gasteiger charge is 2.39. The number of nitrogens with zero attached hydrogens (tertiary/aromatic N) is 5. The number of carboxylic acid groups (broad SMARTS) is 1. The molecule has 42 heavy (non-hydrogen) atoms.